The molecule has 0 radical (unpaired) electrons. The van der Waals surface area contributed by atoms with Gasteiger partial charge in [-0.15, -0.1) is 0 Å². The van der Waals surface area contributed by atoms with Gasteiger partial charge < -0.3 is 4.74 Å². The van der Waals surface area contributed by atoms with E-state index >= 15 is 0 Å². The van der Waals surface area contributed by atoms with E-state index in [4.69, 9.17) is 10.6 Å². The standard InChI is InChI=1S/C13H18F2N2O/c1-13(4-2-3-5-18-13)12(17-16)9-6-10(14)8-11(15)7-9/h6-8,12,17H,2-5,16H2,1H3. The van der Waals surface area contributed by atoms with Crippen LogP contribution in [0.5, 0.6) is 0 Å². The van der Waals surface area contributed by atoms with Crippen molar-refractivity contribution in [3.8, 4) is 0 Å². The summed E-state index contributed by atoms with van der Waals surface area (Å²) in [5.74, 6) is 4.33. The minimum atomic E-state index is -0.607. The molecule has 1 saturated heterocycles. The molecule has 1 aliphatic rings. The molecule has 2 atom stereocenters. The predicted molar refractivity (Wildman–Crippen MR) is 64.6 cm³/mol. The smallest absolute Gasteiger partial charge is 0.126 e. The molecule has 1 aromatic rings. The molecule has 0 amide bonds. The van der Waals surface area contributed by atoms with Gasteiger partial charge in [0.25, 0.3) is 0 Å². The van der Waals surface area contributed by atoms with Crippen LogP contribution in [0.1, 0.15) is 37.8 Å². The van der Waals surface area contributed by atoms with Crippen LogP contribution in [0, 0.1) is 11.6 Å². The molecule has 1 aliphatic heterocycles. The summed E-state index contributed by atoms with van der Waals surface area (Å²) in [7, 11) is 0. The van der Waals surface area contributed by atoms with Gasteiger partial charge in [-0.1, -0.05) is 0 Å². The Bertz CT molecular complexity index is 399. The van der Waals surface area contributed by atoms with Crippen LogP contribution >= 0.6 is 0 Å². The monoisotopic (exact) mass is 256 g/mol. The summed E-state index contributed by atoms with van der Waals surface area (Å²) in [5, 5.41) is 0. The van der Waals surface area contributed by atoms with Gasteiger partial charge in [-0.3, -0.25) is 11.3 Å². The Hall–Kier alpha value is -1.04. The SMILES string of the molecule is CC1(C(NN)c2cc(F)cc(F)c2)CCCCO1. The molecule has 2 unspecified atom stereocenters. The van der Waals surface area contributed by atoms with E-state index in [-0.39, 0.29) is 0 Å². The molecule has 0 bridgehead atoms. The molecule has 0 spiro atoms. The zero-order chi connectivity index (χ0) is 13.2. The van der Waals surface area contributed by atoms with E-state index < -0.39 is 23.3 Å². The molecule has 2 rings (SSSR count). The molecule has 1 fully saturated rings. The zero-order valence-electron chi connectivity index (χ0n) is 10.4. The van der Waals surface area contributed by atoms with E-state index in [1.807, 2.05) is 6.92 Å². The van der Waals surface area contributed by atoms with E-state index in [1.165, 1.54) is 12.1 Å². The quantitative estimate of drug-likeness (QED) is 0.645. The van der Waals surface area contributed by atoms with E-state index in [9.17, 15) is 8.78 Å². The second kappa shape index (κ2) is 5.30. The lowest BCUT2D eigenvalue weighted by molar-refractivity contribution is -0.0899. The maximum Gasteiger partial charge on any atom is 0.126 e. The van der Waals surface area contributed by atoms with Crippen molar-refractivity contribution in [2.45, 2.75) is 37.8 Å². The van der Waals surface area contributed by atoms with E-state index in [0.29, 0.717) is 12.2 Å². The predicted octanol–water partition coefficient (Wildman–Crippen LogP) is 2.43. The third-order valence-electron chi connectivity index (χ3n) is 3.49. The first-order valence-corrected chi connectivity index (χ1v) is 6.11. The van der Waals surface area contributed by atoms with Crippen LogP contribution in [0.15, 0.2) is 18.2 Å². The number of ether oxygens (including phenoxy) is 1. The zero-order valence-corrected chi connectivity index (χ0v) is 10.4. The number of hydrogen-bond donors (Lipinski definition) is 2. The van der Waals surface area contributed by atoms with Gasteiger partial charge in [-0.25, -0.2) is 8.78 Å². The number of halogens is 2. The summed E-state index contributed by atoms with van der Waals surface area (Å²) in [6, 6.07) is 3.00. The molecule has 100 valence electrons. The number of hydrazine groups is 1. The van der Waals surface area contributed by atoms with E-state index in [2.05, 4.69) is 5.43 Å². The fraction of sp³-hybridized carbons (Fsp3) is 0.538. The Morgan fingerprint density at radius 2 is 1.94 bits per heavy atom. The topological polar surface area (TPSA) is 47.3 Å². The molecule has 3 N–H and O–H groups in total. The van der Waals surface area contributed by atoms with Crippen LogP contribution in [-0.2, 0) is 4.74 Å². The van der Waals surface area contributed by atoms with Gasteiger partial charge in [0.1, 0.15) is 11.6 Å². The first kappa shape index (κ1) is 13.4. The molecular formula is C13H18F2N2O. The van der Waals surface area contributed by atoms with E-state index in [0.717, 1.165) is 25.3 Å². The van der Waals surface area contributed by atoms with Crippen molar-refractivity contribution in [1.82, 2.24) is 5.43 Å². The minimum absolute atomic E-state index is 0.428. The highest BCUT2D eigenvalue weighted by atomic mass is 19.1. The highest BCUT2D eigenvalue weighted by Gasteiger charge is 2.37. The Labute approximate surface area is 105 Å². The highest BCUT2D eigenvalue weighted by Crippen LogP contribution is 2.36. The lowest BCUT2D eigenvalue weighted by Crippen LogP contribution is -2.48. The Kier molecular flexibility index (Phi) is 3.94. The van der Waals surface area contributed by atoms with E-state index in [1.54, 1.807) is 0 Å². The number of benzene rings is 1. The largest absolute Gasteiger partial charge is 0.373 e. The van der Waals surface area contributed by atoms with Crippen LogP contribution in [0.3, 0.4) is 0 Å². The number of hydrogen-bond acceptors (Lipinski definition) is 3. The molecule has 0 saturated carbocycles. The number of rotatable bonds is 3. The van der Waals surface area contributed by atoms with Crippen LogP contribution in [-0.4, -0.2) is 12.2 Å². The average Bonchev–Trinajstić information content (AvgIpc) is 2.29. The fourth-order valence-electron chi connectivity index (χ4n) is 2.55. The summed E-state index contributed by atoms with van der Waals surface area (Å²) in [4.78, 5) is 0. The van der Waals surface area contributed by atoms with Crippen LogP contribution in [0.4, 0.5) is 8.78 Å². The van der Waals surface area contributed by atoms with Crippen molar-refractivity contribution in [3.05, 3.63) is 35.4 Å². The molecular weight excluding hydrogens is 238 g/mol. The maximum absolute atomic E-state index is 13.3. The van der Waals surface area contributed by atoms with Gasteiger partial charge in [-0.2, -0.15) is 0 Å². The summed E-state index contributed by atoms with van der Waals surface area (Å²) >= 11 is 0. The van der Waals surface area contributed by atoms with Crippen molar-refractivity contribution < 1.29 is 13.5 Å². The average molecular weight is 256 g/mol. The van der Waals surface area contributed by atoms with Gasteiger partial charge in [0, 0.05) is 12.7 Å². The first-order chi connectivity index (χ1) is 8.55. The molecule has 18 heavy (non-hydrogen) atoms. The molecule has 1 heterocycles. The molecule has 0 aromatic heterocycles. The lowest BCUT2D eigenvalue weighted by Gasteiger charge is -2.40. The molecule has 5 heteroatoms. The van der Waals surface area contributed by atoms with Gasteiger partial charge in [0.05, 0.1) is 11.6 Å². The second-order valence-corrected chi connectivity index (χ2v) is 4.92. The van der Waals surface area contributed by atoms with Gasteiger partial charge >= 0.3 is 0 Å². The summed E-state index contributed by atoms with van der Waals surface area (Å²) in [6.07, 6.45) is 2.83. The third-order valence-corrected chi connectivity index (χ3v) is 3.49. The van der Waals surface area contributed by atoms with Crippen LogP contribution in [0.25, 0.3) is 0 Å². The molecule has 0 aliphatic carbocycles. The van der Waals surface area contributed by atoms with Crippen molar-refractivity contribution in [2.75, 3.05) is 6.61 Å². The highest BCUT2D eigenvalue weighted by molar-refractivity contribution is 5.24. The summed E-state index contributed by atoms with van der Waals surface area (Å²) in [5.41, 5.74) is 2.56. The third kappa shape index (κ3) is 2.68. The number of nitrogens with two attached hydrogens (primary N) is 1. The van der Waals surface area contributed by atoms with Gasteiger partial charge in [0.15, 0.2) is 0 Å². The van der Waals surface area contributed by atoms with Crippen LogP contribution in [0.2, 0.25) is 0 Å². The summed E-state index contributed by atoms with van der Waals surface area (Å²) in [6.45, 7) is 2.56. The van der Waals surface area contributed by atoms with Crippen molar-refractivity contribution >= 4 is 0 Å². The molecule has 3 nitrogen and oxygen atoms in total. The maximum atomic E-state index is 13.3. The van der Waals surface area contributed by atoms with Crippen molar-refractivity contribution in [2.24, 2.45) is 5.84 Å². The Balaban J connectivity index is 2.31. The van der Waals surface area contributed by atoms with Crippen LogP contribution < -0.4 is 11.3 Å². The van der Waals surface area contributed by atoms with Crippen molar-refractivity contribution in [3.63, 3.8) is 0 Å². The van der Waals surface area contributed by atoms with Gasteiger partial charge in [-0.05, 0) is 43.9 Å². The number of nitrogens with one attached hydrogen (secondary N) is 1. The summed E-state index contributed by atoms with van der Waals surface area (Å²) < 4.78 is 32.3. The Morgan fingerprint density at radius 1 is 1.28 bits per heavy atom. The minimum Gasteiger partial charge on any atom is -0.373 e. The first-order valence-electron chi connectivity index (χ1n) is 6.11. The second-order valence-electron chi connectivity index (χ2n) is 4.92. The van der Waals surface area contributed by atoms with Crippen molar-refractivity contribution in [1.29, 1.82) is 0 Å². The lowest BCUT2D eigenvalue weighted by atomic mass is 9.84. The Morgan fingerprint density at radius 3 is 2.44 bits per heavy atom. The van der Waals surface area contributed by atoms with Gasteiger partial charge in [0.2, 0.25) is 0 Å². The fourth-order valence-corrected chi connectivity index (χ4v) is 2.55. The molecule has 1 aromatic carbocycles. The normalized spacial score (nSPS) is 26.0.